The molecule has 3 unspecified atom stereocenters. The average Bonchev–Trinajstić information content (AvgIpc) is 2.94. The summed E-state index contributed by atoms with van der Waals surface area (Å²) in [5.41, 5.74) is 2.18. The molecule has 8 nitrogen and oxygen atoms in total. The molecule has 2 N–H and O–H groups in total. The Bertz CT molecular complexity index is 1180. The van der Waals surface area contributed by atoms with Crippen molar-refractivity contribution in [3.63, 3.8) is 0 Å². The molecule has 0 aliphatic carbocycles. The number of unbranched alkanes of at least 4 members (excludes halogenated alkanes) is 3. The zero-order valence-electron chi connectivity index (χ0n) is 23.4. The number of aliphatic hydroxyl groups is 1. The maximum Gasteiger partial charge on any atom is 0.336 e. The highest BCUT2D eigenvalue weighted by Gasteiger charge is 2.42. The van der Waals surface area contributed by atoms with Crippen molar-refractivity contribution in [1.82, 2.24) is 5.32 Å². The molecule has 0 saturated carbocycles. The first-order chi connectivity index (χ1) is 19.3. The molecule has 1 heterocycles. The van der Waals surface area contributed by atoms with E-state index in [4.69, 9.17) is 25.8 Å². The van der Waals surface area contributed by atoms with Crippen molar-refractivity contribution in [3.05, 3.63) is 76.5 Å². The van der Waals surface area contributed by atoms with Crippen molar-refractivity contribution in [2.45, 2.75) is 51.6 Å². The molecule has 3 rings (SSSR count). The molecule has 0 saturated heterocycles. The molecular weight excluding hydrogens is 532 g/mol. The van der Waals surface area contributed by atoms with Crippen molar-refractivity contribution in [2.75, 3.05) is 33.4 Å². The highest BCUT2D eigenvalue weighted by molar-refractivity contribution is 6.30. The normalized spacial score (nSPS) is 17.7. The van der Waals surface area contributed by atoms with Crippen LogP contribution >= 0.6 is 11.6 Å². The molecule has 1 aliphatic heterocycles. The third-order valence-electron chi connectivity index (χ3n) is 6.76. The van der Waals surface area contributed by atoms with Crippen LogP contribution in [0.2, 0.25) is 5.02 Å². The lowest BCUT2D eigenvalue weighted by Crippen LogP contribution is -2.36. The summed E-state index contributed by atoms with van der Waals surface area (Å²) in [6.07, 6.45) is 2.93. The second kappa shape index (κ2) is 16.2. The second-order valence-electron chi connectivity index (χ2n) is 9.82. The lowest BCUT2D eigenvalue weighted by Gasteiger charge is -2.31. The van der Waals surface area contributed by atoms with Gasteiger partial charge in [0.05, 0.1) is 19.3 Å². The highest BCUT2D eigenvalue weighted by atomic mass is 35.5. The van der Waals surface area contributed by atoms with E-state index in [1.165, 1.54) is 7.11 Å². The molecule has 0 radical (unpaired) electrons. The minimum Gasteiger partial charge on any atom is -0.491 e. The van der Waals surface area contributed by atoms with Gasteiger partial charge in [-0.2, -0.15) is 0 Å². The first-order valence-electron chi connectivity index (χ1n) is 13.6. The Morgan fingerprint density at radius 2 is 1.80 bits per heavy atom. The van der Waals surface area contributed by atoms with E-state index in [2.05, 4.69) is 10.3 Å². The molecular formula is C31H39ClN2O6. The Labute approximate surface area is 241 Å². The number of carbonyl (C=O) groups excluding carboxylic acids is 2. The van der Waals surface area contributed by atoms with Gasteiger partial charge in [0.15, 0.2) is 0 Å². The van der Waals surface area contributed by atoms with Crippen molar-refractivity contribution in [1.29, 1.82) is 0 Å². The van der Waals surface area contributed by atoms with Gasteiger partial charge in [-0.1, -0.05) is 54.8 Å². The van der Waals surface area contributed by atoms with E-state index in [0.717, 1.165) is 43.5 Å². The van der Waals surface area contributed by atoms with Crippen molar-refractivity contribution >= 4 is 29.3 Å². The third kappa shape index (κ3) is 9.18. The average molecular weight is 571 g/mol. The van der Waals surface area contributed by atoms with Crippen molar-refractivity contribution in [3.8, 4) is 5.75 Å². The van der Waals surface area contributed by atoms with Crippen LogP contribution in [0, 0.1) is 5.92 Å². The van der Waals surface area contributed by atoms with Gasteiger partial charge < -0.3 is 24.6 Å². The Morgan fingerprint density at radius 3 is 2.52 bits per heavy atom. The number of para-hydroxylation sites is 1. The number of methoxy groups -OCH3 is 1. The van der Waals surface area contributed by atoms with Gasteiger partial charge in [-0.3, -0.25) is 9.79 Å². The van der Waals surface area contributed by atoms with Crippen LogP contribution < -0.4 is 10.1 Å². The molecule has 2 aromatic carbocycles. The van der Waals surface area contributed by atoms with E-state index in [9.17, 15) is 14.7 Å². The van der Waals surface area contributed by atoms with Gasteiger partial charge in [0, 0.05) is 28.9 Å². The first-order valence-corrected chi connectivity index (χ1v) is 14.0. The van der Waals surface area contributed by atoms with E-state index < -0.39 is 29.9 Å². The molecule has 2 aromatic rings. The van der Waals surface area contributed by atoms with E-state index in [1.807, 2.05) is 36.4 Å². The molecule has 0 fully saturated rings. The van der Waals surface area contributed by atoms with E-state index in [-0.39, 0.29) is 13.2 Å². The summed E-state index contributed by atoms with van der Waals surface area (Å²) in [6.45, 7) is 5.26. The zero-order chi connectivity index (χ0) is 28.9. The van der Waals surface area contributed by atoms with Crippen LogP contribution in [0.15, 0.2) is 70.9 Å². The SMILES string of the molecule is COC(=O)C1C(C)=NC(C)=C(C(=O)OCCCCCCNCC(O)COc2ccccc2)C1c1cccc(Cl)c1. The smallest absolute Gasteiger partial charge is 0.336 e. The van der Waals surface area contributed by atoms with Crippen LogP contribution in [0.25, 0.3) is 0 Å². The maximum atomic E-state index is 13.2. The minimum atomic E-state index is -0.745. The van der Waals surface area contributed by atoms with E-state index >= 15 is 0 Å². The van der Waals surface area contributed by atoms with Gasteiger partial charge in [0.1, 0.15) is 24.4 Å². The predicted molar refractivity (Wildman–Crippen MR) is 156 cm³/mol. The summed E-state index contributed by atoms with van der Waals surface area (Å²) in [5.74, 6) is -1.56. The maximum absolute atomic E-state index is 13.2. The van der Waals surface area contributed by atoms with Crippen LogP contribution in [0.1, 0.15) is 51.0 Å². The van der Waals surface area contributed by atoms with Gasteiger partial charge >= 0.3 is 11.9 Å². The number of hydrogen-bond donors (Lipinski definition) is 2. The van der Waals surface area contributed by atoms with Gasteiger partial charge in [-0.05, 0) is 63.1 Å². The number of nitrogens with one attached hydrogen (secondary N) is 1. The lowest BCUT2D eigenvalue weighted by molar-refractivity contribution is -0.144. The van der Waals surface area contributed by atoms with Crippen LogP contribution in [0.5, 0.6) is 5.75 Å². The fourth-order valence-corrected chi connectivity index (χ4v) is 4.98. The molecule has 40 heavy (non-hydrogen) atoms. The number of aliphatic hydroxyl groups excluding tert-OH is 1. The Hall–Kier alpha value is -3.20. The minimum absolute atomic E-state index is 0.238. The van der Waals surface area contributed by atoms with Crippen LogP contribution in [0.3, 0.4) is 0 Å². The topological polar surface area (TPSA) is 106 Å². The summed E-state index contributed by atoms with van der Waals surface area (Å²) in [7, 11) is 1.33. The summed E-state index contributed by atoms with van der Waals surface area (Å²) < 4.78 is 16.2. The Morgan fingerprint density at radius 1 is 1.05 bits per heavy atom. The van der Waals surface area contributed by atoms with Gasteiger partial charge in [-0.15, -0.1) is 0 Å². The van der Waals surface area contributed by atoms with E-state index in [0.29, 0.717) is 28.5 Å². The van der Waals surface area contributed by atoms with Crippen molar-refractivity contribution < 1.29 is 28.9 Å². The molecule has 0 amide bonds. The quantitative estimate of drug-likeness (QED) is 0.227. The lowest BCUT2D eigenvalue weighted by atomic mass is 9.75. The van der Waals surface area contributed by atoms with Crippen LogP contribution in [-0.2, 0) is 19.1 Å². The standard InChI is InChI=1S/C31H39ClN2O6/c1-21-27(30(36)38-3)29(23-12-11-13-24(32)18-23)28(22(2)34-21)31(37)39-17-10-5-4-9-16-33-19-25(35)20-40-26-14-7-6-8-15-26/h6-8,11-15,18,25,27,29,33,35H,4-5,9-10,16-17,19-20H2,1-3H3. The number of nitrogens with zero attached hydrogens (tertiary/aromatic N) is 1. The summed E-state index contributed by atoms with van der Waals surface area (Å²) in [5, 5.41) is 13.8. The number of carbonyl (C=O) groups is 2. The van der Waals surface area contributed by atoms with Crippen LogP contribution in [-0.4, -0.2) is 62.3 Å². The summed E-state index contributed by atoms with van der Waals surface area (Å²) >= 11 is 6.24. The molecule has 0 bridgehead atoms. The monoisotopic (exact) mass is 570 g/mol. The third-order valence-corrected chi connectivity index (χ3v) is 6.99. The fourth-order valence-electron chi connectivity index (χ4n) is 4.78. The molecule has 216 valence electrons. The zero-order valence-corrected chi connectivity index (χ0v) is 24.2. The number of esters is 2. The van der Waals surface area contributed by atoms with E-state index in [1.54, 1.807) is 32.0 Å². The summed E-state index contributed by atoms with van der Waals surface area (Å²) in [4.78, 5) is 30.5. The highest BCUT2D eigenvalue weighted by Crippen LogP contribution is 2.40. The molecule has 1 aliphatic rings. The first kappa shape index (κ1) is 31.3. The number of rotatable bonds is 15. The molecule has 9 heteroatoms. The number of allylic oxidation sites excluding steroid dienone is 1. The number of halogens is 1. The molecule has 0 spiro atoms. The largest absolute Gasteiger partial charge is 0.491 e. The van der Waals surface area contributed by atoms with Gasteiger partial charge in [0.25, 0.3) is 0 Å². The number of benzene rings is 2. The molecule has 0 aromatic heterocycles. The van der Waals surface area contributed by atoms with Crippen LogP contribution in [0.4, 0.5) is 0 Å². The molecule has 3 atom stereocenters. The fraction of sp³-hybridized carbons (Fsp3) is 0.452. The summed E-state index contributed by atoms with van der Waals surface area (Å²) in [6, 6.07) is 16.5. The predicted octanol–water partition coefficient (Wildman–Crippen LogP) is 5.09. The van der Waals surface area contributed by atoms with Gasteiger partial charge in [-0.25, -0.2) is 4.79 Å². The van der Waals surface area contributed by atoms with Crippen molar-refractivity contribution in [2.24, 2.45) is 10.9 Å². The number of hydrogen-bond acceptors (Lipinski definition) is 8. The Kier molecular flexibility index (Phi) is 12.7. The number of aliphatic imine (C=N–C) groups is 1. The second-order valence-corrected chi connectivity index (χ2v) is 10.3. The Balaban J connectivity index is 1.42. The number of ether oxygens (including phenoxy) is 3. The van der Waals surface area contributed by atoms with Gasteiger partial charge in [0.2, 0.25) is 0 Å².